The average molecular weight is 617 g/mol. The number of carbonyl (C=O) groups excluding carboxylic acids is 2. The standard InChI is InChI=1S/C33H30ClFN4O5/c1-43-29-15-30(44-2)26(14-24(29)34)37-33(42)21-8-11-28(25(13-21)36-32(41)20-6-9-23(35)10-7-20)38-16-19-12-22(18-38)27-4-3-5-31(40)39(27)17-19/h3-11,13-15,19,22H,12,16-18H2,1-2H3,(H,36,41)(H,37,42)/t19-,22+/m1/s1. The molecule has 44 heavy (non-hydrogen) atoms. The minimum atomic E-state index is -0.450. The summed E-state index contributed by atoms with van der Waals surface area (Å²) in [6.45, 7) is 1.92. The van der Waals surface area contributed by atoms with Crippen LogP contribution < -0.4 is 30.6 Å². The first-order valence-electron chi connectivity index (χ1n) is 14.1. The van der Waals surface area contributed by atoms with Crippen molar-refractivity contribution in [1.29, 1.82) is 0 Å². The number of aromatic nitrogens is 1. The highest BCUT2D eigenvalue weighted by Gasteiger charge is 2.35. The number of amides is 2. The topological polar surface area (TPSA) is 102 Å². The number of pyridine rings is 1. The van der Waals surface area contributed by atoms with E-state index in [0.29, 0.717) is 47.5 Å². The van der Waals surface area contributed by atoms with E-state index in [9.17, 15) is 18.8 Å². The molecule has 6 rings (SSSR count). The zero-order valence-corrected chi connectivity index (χ0v) is 24.9. The normalized spacial score (nSPS) is 17.0. The summed E-state index contributed by atoms with van der Waals surface area (Å²) >= 11 is 6.30. The molecule has 0 radical (unpaired) electrons. The van der Waals surface area contributed by atoms with Gasteiger partial charge in [-0.25, -0.2) is 4.39 Å². The third-order valence-electron chi connectivity index (χ3n) is 8.16. The molecule has 11 heteroatoms. The average Bonchev–Trinajstić information content (AvgIpc) is 3.02. The highest BCUT2D eigenvalue weighted by molar-refractivity contribution is 6.32. The Morgan fingerprint density at radius 2 is 1.55 bits per heavy atom. The van der Waals surface area contributed by atoms with Crippen LogP contribution in [0.5, 0.6) is 11.5 Å². The molecule has 0 aliphatic carbocycles. The summed E-state index contributed by atoms with van der Waals surface area (Å²) in [4.78, 5) is 41.5. The zero-order chi connectivity index (χ0) is 31.0. The quantitative estimate of drug-likeness (QED) is 0.273. The number of nitrogens with zero attached hydrogens (tertiary/aromatic N) is 2. The van der Waals surface area contributed by atoms with Gasteiger partial charge in [-0.05, 0) is 66.9 Å². The predicted molar refractivity (Wildman–Crippen MR) is 167 cm³/mol. The van der Waals surface area contributed by atoms with Crippen LogP contribution in [0.3, 0.4) is 0 Å². The van der Waals surface area contributed by atoms with Crippen molar-refractivity contribution >= 4 is 40.5 Å². The molecule has 2 amide bonds. The molecule has 9 nitrogen and oxygen atoms in total. The van der Waals surface area contributed by atoms with Crippen molar-refractivity contribution in [2.24, 2.45) is 5.92 Å². The second kappa shape index (κ2) is 12.0. The van der Waals surface area contributed by atoms with Crippen molar-refractivity contribution in [3.8, 4) is 11.5 Å². The van der Waals surface area contributed by atoms with E-state index < -0.39 is 17.6 Å². The number of ether oxygens (including phenoxy) is 2. The maximum absolute atomic E-state index is 13.5. The van der Waals surface area contributed by atoms with Gasteiger partial charge in [-0.2, -0.15) is 0 Å². The van der Waals surface area contributed by atoms with Crippen LogP contribution in [0.1, 0.15) is 38.7 Å². The van der Waals surface area contributed by atoms with E-state index in [1.54, 1.807) is 36.4 Å². The molecule has 2 aliphatic rings. The van der Waals surface area contributed by atoms with E-state index in [0.717, 1.165) is 17.8 Å². The van der Waals surface area contributed by atoms with Crippen LogP contribution in [0.2, 0.25) is 5.02 Å². The molecule has 226 valence electrons. The van der Waals surface area contributed by atoms with Crippen molar-refractivity contribution in [3.63, 3.8) is 0 Å². The highest BCUT2D eigenvalue weighted by Crippen LogP contribution is 2.40. The molecule has 3 heterocycles. The molecule has 3 aromatic carbocycles. The van der Waals surface area contributed by atoms with Gasteiger partial charge in [0.15, 0.2) is 0 Å². The molecular weight excluding hydrogens is 587 g/mol. The van der Waals surface area contributed by atoms with Crippen molar-refractivity contribution in [3.05, 3.63) is 111 Å². The first kappa shape index (κ1) is 29.3. The number of fused-ring (bicyclic) bond motifs is 4. The fourth-order valence-corrected chi connectivity index (χ4v) is 6.34. The van der Waals surface area contributed by atoms with Gasteiger partial charge >= 0.3 is 0 Å². The smallest absolute Gasteiger partial charge is 0.255 e. The van der Waals surface area contributed by atoms with E-state index in [1.807, 2.05) is 16.7 Å². The maximum atomic E-state index is 13.5. The van der Waals surface area contributed by atoms with Crippen LogP contribution in [0.25, 0.3) is 0 Å². The minimum absolute atomic E-state index is 0.00282. The molecule has 0 unspecified atom stereocenters. The Morgan fingerprint density at radius 1 is 0.841 bits per heavy atom. The van der Waals surface area contributed by atoms with Crippen LogP contribution >= 0.6 is 11.6 Å². The minimum Gasteiger partial charge on any atom is -0.495 e. The maximum Gasteiger partial charge on any atom is 0.255 e. The van der Waals surface area contributed by atoms with Crippen LogP contribution in [0, 0.1) is 11.7 Å². The Labute approximate surface area is 258 Å². The summed E-state index contributed by atoms with van der Waals surface area (Å²) in [6.07, 6.45) is 0.962. The number of carbonyl (C=O) groups is 2. The third kappa shape index (κ3) is 5.72. The molecule has 4 aromatic rings. The van der Waals surface area contributed by atoms with Gasteiger partial charge in [-0.3, -0.25) is 14.4 Å². The van der Waals surface area contributed by atoms with E-state index in [4.69, 9.17) is 21.1 Å². The lowest BCUT2D eigenvalue weighted by Gasteiger charge is -2.44. The second-order valence-electron chi connectivity index (χ2n) is 10.9. The lowest BCUT2D eigenvalue weighted by molar-refractivity contribution is 0.101. The van der Waals surface area contributed by atoms with E-state index in [1.165, 1.54) is 38.5 Å². The van der Waals surface area contributed by atoms with Crippen LogP contribution in [0.15, 0.2) is 77.6 Å². The Balaban J connectivity index is 1.33. The molecule has 1 aromatic heterocycles. The summed E-state index contributed by atoms with van der Waals surface area (Å²) in [5.74, 6) is -0.215. The SMILES string of the molecule is COc1cc(OC)c(NC(=O)c2ccc(N3C[C@H]4C[C@@H](C3)c3cccc(=O)n3C4)c(NC(=O)c3ccc(F)cc3)c2)cc1Cl. The van der Waals surface area contributed by atoms with Gasteiger partial charge in [0.25, 0.3) is 17.4 Å². The van der Waals surface area contributed by atoms with Crippen LogP contribution in [-0.4, -0.2) is 43.7 Å². The monoisotopic (exact) mass is 616 g/mol. The summed E-state index contributed by atoms with van der Waals surface area (Å²) in [6, 6.07) is 18.9. The molecule has 0 saturated carbocycles. The number of hydrogen-bond acceptors (Lipinski definition) is 6. The predicted octanol–water partition coefficient (Wildman–Crippen LogP) is 5.79. The van der Waals surface area contributed by atoms with E-state index in [2.05, 4.69) is 15.5 Å². The molecule has 1 fully saturated rings. The number of hydrogen-bond donors (Lipinski definition) is 2. The number of benzene rings is 3. The van der Waals surface area contributed by atoms with Gasteiger partial charge in [0.1, 0.15) is 17.3 Å². The first-order chi connectivity index (χ1) is 21.2. The van der Waals surface area contributed by atoms with Gasteiger partial charge in [0, 0.05) is 54.5 Å². The van der Waals surface area contributed by atoms with Crippen LogP contribution in [0.4, 0.5) is 21.5 Å². The van der Waals surface area contributed by atoms with Crippen molar-refractivity contribution < 1.29 is 23.5 Å². The Hall–Kier alpha value is -4.83. The molecule has 0 spiro atoms. The Bertz CT molecular complexity index is 1810. The van der Waals surface area contributed by atoms with E-state index in [-0.39, 0.29) is 28.5 Å². The van der Waals surface area contributed by atoms with Gasteiger partial charge in [-0.1, -0.05) is 17.7 Å². The Kier molecular flexibility index (Phi) is 8.01. The first-order valence-corrected chi connectivity index (χ1v) is 14.5. The fourth-order valence-electron chi connectivity index (χ4n) is 6.09. The van der Waals surface area contributed by atoms with Gasteiger partial charge in [-0.15, -0.1) is 0 Å². The number of rotatable bonds is 7. The molecule has 2 atom stereocenters. The molecule has 2 N–H and O–H groups in total. The zero-order valence-electron chi connectivity index (χ0n) is 24.1. The lowest BCUT2D eigenvalue weighted by atomic mass is 9.83. The second-order valence-corrected chi connectivity index (χ2v) is 11.3. The Morgan fingerprint density at radius 3 is 2.30 bits per heavy atom. The van der Waals surface area contributed by atoms with Crippen LogP contribution in [-0.2, 0) is 6.54 Å². The third-order valence-corrected chi connectivity index (χ3v) is 8.45. The summed E-state index contributed by atoms with van der Waals surface area (Å²) in [7, 11) is 2.95. The molecular formula is C33H30ClFN4O5. The van der Waals surface area contributed by atoms with Crippen molar-refractivity contribution in [2.45, 2.75) is 18.9 Å². The van der Waals surface area contributed by atoms with Gasteiger partial charge in [0.05, 0.1) is 36.3 Å². The fraction of sp³-hybridized carbons (Fsp3) is 0.242. The van der Waals surface area contributed by atoms with Crippen molar-refractivity contribution in [1.82, 2.24) is 4.57 Å². The molecule has 2 bridgehead atoms. The van der Waals surface area contributed by atoms with Crippen molar-refractivity contribution in [2.75, 3.05) is 42.8 Å². The molecule has 2 aliphatic heterocycles. The summed E-state index contributed by atoms with van der Waals surface area (Å²) in [5, 5.41) is 6.07. The van der Waals surface area contributed by atoms with Gasteiger partial charge < -0.3 is 29.6 Å². The number of anilines is 3. The van der Waals surface area contributed by atoms with E-state index >= 15 is 0 Å². The largest absolute Gasteiger partial charge is 0.495 e. The highest BCUT2D eigenvalue weighted by atomic mass is 35.5. The number of piperidine rings is 1. The van der Waals surface area contributed by atoms with Gasteiger partial charge in [0.2, 0.25) is 0 Å². The number of methoxy groups -OCH3 is 2. The summed E-state index contributed by atoms with van der Waals surface area (Å²) in [5.41, 5.74) is 3.07. The lowest BCUT2D eigenvalue weighted by Crippen LogP contribution is -2.47. The summed E-state index contributed by atoms with van der Waals surface area (Å²) < 4.78 is 26.1. The number of nitrogens with one attached hydrogen (secondary N) is 2. The molecule has 1 saturated heterocycles. The number of halogens is 2.